The third-order valence-corrected chi connectivity index (χ3v) is 2.33. The van der Waals surface area contributed by atoms with E-state index in [1.54, 1.807) is 5.32 Å². The number of esters is 1. The minimum atomic E-state index is -4.53. The van der Waals surface area contributed by atoms with Crippen molar-refractivity contribution in [2.24, 2.45) is 0 Å². The highest BCUT2D eigenvalue weighted by Gasteiger charge is 2.27. The number of carbonyl (C=O) groups excluding carboxylic acids is 2. The second-order valence-electron chi connectivity index (χ2n) is 3.89. The number of hydrogen-bond acceptors (Lipinski definition) is 5. The fourth-order valence-corrected chi connectivity index (χ4v) is 1.36. The number of nitrogens with two attached hydrogens (primary N) is 1. The van der Waals surface area contributed by atoms with E-state index in [4.69, 9.17) is 10.5 Å². The summed E-state index contributed by atoms with van der Waals surface area (Å²) in [6.07, 6.45) is -4.53. The first-order valence-corrected chi connectivity index (χ1v) is 5.67. The minimum Gasteiger partial charge on any atom is -0.495 e. The lowest BCUT2D eigenvalue weighted by Gasteiger charge is -2.11. The summed E-state index contributed by atoms with van der Waals surface area (Å²) in [5.41, 5.74) is 5.61. The van der Waals surface area contributed by atoms with Crippen LogP contribution in [0.4, 0.5) is 18.9 Å². The van der Waals surface area contributed by atoms with Gasteiger partial charge in [-0.15, -0.1) is 0 Å². The fourth-order valence-electron chi connectivity index (χ4n) is 1.36. The first-order valence-electron chi connectivity index (χ1n) is 5.67. The summed E-state index contributed by atoms with van der Waals surface area (Å²) >= 11 is 0. The molecule has 1 rings (SSSR count). The van der Waals surface area contributed by atoms with Crippen molar-refractivity contribution >= 4 is 17.6 Å². The quantitative estimate of drug-likeness (QED) is 0.628. The minimum absolute atomic E-state index is 0.0145. The summed E-state index contributed by atoms with van der Waals surface area (Å²) in [5, 5.41) is 1.57. The molecule has 9 heteroatoms. The number of anilines is 1. The van der Waals surface area contributed by atoms with Crippen molar-refractivity contribution in [2.45, 2.75) is 6.18 Å². The topological polar surface area (TPSA) is 90.6 Å². The number of carbonyl (C=O) groups is 2. The summed E-state index contributed by atoms with van der Waals surface area (Å²) < 4.78 is 45.1. The van der Waals surface area contributed by atoms with Gasteiger partial charge in [-0.05, 0) is 12.1 Å². The van der Waals surface area contributed by atoms with Crippen molar-refractivity contribution in [3.05, 3.63) is 23.8 Å². The number of para-hydroxylation sites is 1. The highest BCUT2D eigenvalue weighted by Crippen LogP contribution is 2.25. The molecule has 0 bridgehead atoms. The van der Waals surface area contributed by atoms with Gasteiger partial charge in [-0.1, -0.05) is 6.07 Å². The van der Waals surface area contributed by atoms with Crippen LogP contribution in [-0.2, 0) is 9.53 Å². The maximum absolute atomic E-state index is 11.9. The van der Waals surface area contributed by atoms with Crippen LogP contribution in [0.1, 0.15) is 10.4 Å². The molecule has 0 aliphatic carbocycles. The number of alkyl halides is 3. The van der Waals surface area contributed by atoms with Gasteiger partial charge in [0.25, 0.3) is 5.91 Å². The molecule has 0 fully saturated rings. The van der Waals surface area contributed by atoms with Crippen LogP contribution < -0.4 is 15.8 Å². The van der Waals surface area contributed by atoms with E-state index in [-0.39, 0.29) is 17.0 Å². The largest absolute Gasteiger partial charge is 0.495 e. The zero-order valence-corrected chi connectivity index (χ0v) is 11.0. The van der Waals surface area contributed by atoms with Crippen molar-refractivity contribution in [3.63, 3.8) is 0 Å². The SMILES string of the molecule is COc1cccc(C(=O)OCC(=O)NCC(F)(F)F)c1N. The van der Waals surface area contributed by atoms with Gasteiger partial charge in [0.05, 0.1) is 18.4 Å². The van der Waals surface area contributed by atoms with Gasteiger partial charge in [-0.2, -0.15) is 13.2 Å². The summed E-state index contributed by atoms with van der Waals surface area (Å²) in [5.74, 6) is -1.76. The molecule has 0 saturated carbocycles. The molecule has 3 N–H and O–H groups in total. The van der Waals surface area contributed by atoms with Crippen molar-refractivity contribution in [3.8, 4) is 5.75 Å². The smallest absolute Gasteiger partial charge is 0.405 e. The fraction of sp³-hybridized carbons (Fsp3) is 0.333. The van der Waals surface area contributed by atoms with Crippen LogP contribution in [0.15, 0.2) is 18.2 Å². The maximum atomic E-state index is 11.9. The van der Waals surface area contributed by atoms with Crippen LogP contribution in [0.2, 0.25) is 0 Å². The second kappa shape index (κ2) is 6.82. The summed E-state index contributed by atoms with van der Waals surface area (Å²) in [6, 6.07) is 4.34. The Kier molecular flexibility index (Phi) is 5.39. The molecule has 0 aliphatic heterocycles. The van der Waals surface area contributed by atoms with Crippen LogP contribution in [0.25, 0.3) is 0 Å². The predicted molar refractivity (Wildman–Crippen MR) is 66.8 cm³/mol. The van der Waals surface area contributed by atoms with Crippen molar-refractivity contribution in [2.75, 3.05) is 26.0 Å². The van der Waals surface area contributed by atoms with Gasteiger partial charge in [0.15, 0.2) is 6.61 Å². The molecule has 6 nitrogen and oxygen atoms in total. The predicted octanol–water partition coefficient (Wildman–Crippen LogP) is 1.11. The van der Waals surface area contributed by atoms with E-state index < -0.39 is 31.2 Å². The number of nitrogens with one attached hydrogen (secondary N) is 1. The summed E-state index contributed by atoms with van der Waals surface area (Å²) in [6.45, 7) is -2.34. The Balaban J connectivity index is 2.57. The average Bonchev–Trinajstić information content (AvgIpc) is 2.42. The van der Waals surface area contributed by atoms with Crippen LogP contribution in [0.3, 0.4) is 0 Å². The van der Waals surface area contributed by atoms with E-state index in [9.17, 15) is 22.8 Å². The van der Waals surface area contributed by atoms with Crippen molar-refractivity contribution in [1.29, 1.82) is 0 Å². The lowest BCUT2D eigenvalue weighted by molar-refractivity contribution is -0.140. The van der Waals surface area contributed by atoms with E-state index in [0.717, 1.165) is 0 Å². The lowest BCUT2D eigenvalue weighted by Crippen LogP contribution is -2.36. The highest BCUT2D eigenvalue weighted by atomic mass is 19.4. The number of amides is 1. The van der Waals surface area contributed by atoms with Gasteiger partial charge in [0, 0.05) is 0 Å². The normalized spacial score (nSPS) is 10.9. The van der Waals surface area contributed by atoms with Gasteiger partial charge < -0.3 is 20.5 Å². The van der Waals surface area contributed by atoms with E-state index in [1.165, 1.54) is 25.3 Å². The molecule has 0 spiro atoms. The molecule has 0 radical (unpaired) electrons. The van der Waals surface area contributed by atoms with E-state index >= 15 is 0 Å². The first kappa shape index (κ1) is 16.6. The zero-order chi connectivity index (χ0) is 16.0. The first-order chi connectivity index (χ1) is 9.74. The van der Waals surface area contributed by atoms with Crippen LogP contribution >= 0.6 is 0 Å². The monoisotopic (exact) mass is 306 g/mol. The van der Waals surface area contributed by atoms with E-state index in [1.807, 2.05) is 0 Å². The maximum Gasteiger partial charge on any atom is 0.405 e. The van der Waals surface area contributed by atoms with Gasteiger partial charge >= 0.3 is 12.1 Å². The highest BCUT2D eigenvalue weighted by molar-refractivity contribution is 5.97. The molecule has 1 aromatic rings. The number of rotatable bonds is 5. The summed E-state index contributed by atoms with van der Waals surface area (Å²) in [7, 11) is 1.35. The molecule has 1 aromatic carbocycles. The standard InChI is InChI=1S/C12H13F3N2O4/c1-20-8-4-2-3-7(10(8)16)11(19)21-5-9(18)17-6-12(13,14)15/h2-4H,5-6,16H2,1H3,(H,17,18). The Morgan fingerprint density at radius 1 is 1.33 bits per heavy atom. The van der Waals surface area contributed by atoms with Gasteiger partial charge in [-0.25, -0.2) is 4.79 Å². The number of ether oxygens (including phenoxy) is 2. The molecule has 0 saturated heterocycles. The molecule has 21 heavy (non-hydrogen) atoms. The molecule has 116 valence electrons. The Morgan fingerprint density at radius 2 is 2.00 bits per heavy atom. The molecular weight excluding hydrogens is 293 g/mol. The van der Waals surface area contributed by atoms with E-state index in [0.29, 0.717) is 0 Å². The van der Waals surface area contributed by atoms with Gasteiger partial charge in [0.2, 0.25) is 0 Å². The Morgan fingerprint density at radius 3 is 2.57 bits per heavy atom. The molecule has 0 heterocycles. The second-order valence-corrected chi connectivity index (χ2v) is 3.89. The Hall–Kier alpha value is -2.45. The van der Waals surface area contributed by atoms with Crippen molar-refractivity contribution in [1.82, 2.24) is 5.32 Å². The number of hydrogen-bond donors (Lipinski definition) is 2. The number of nitrogen functional groups attached to an aromatic ring is 1. The third-order valence-electron chi connectivity index (χ3n) is 2.33. The van der Waals surface area contributed by atoms with Crippen molar-refractivity contribution < 1.29 is 32.2 Å². The van der Waals surface area contributed by atoms with E-state index in [2.05, 4.69) is 4.74 Å². The number of methoxy groups -OCH3 is 1. The van der Waals surface area contributed by atoms with Gasteiger partial charge in [-0.3, -0.25) is 4.79 Å². The molecule has 0 unspecified atom stereocenters. The Labute approximate surface area is 118 Å². The van der Waals surface area contributed by atoms with Crippen LogP contribution in [-0.4, -0.2) is 38.3 Å². The Bertz CT molecular complexity index is 532. The number of halogens is 3. The summed E-state index contributed by atoms with van der Waals surface area (Å²) in [4.78, 5) is 22.8. The van der Waals surface area contributed by atoms with Crippen LogP contribution in [0.5, 0.6) is 5.75 Å². The molecule has 0 aliphatic rings. The zero-order valence-electron chi connectivity index (χ0n) is 11.0. The molecule has 0 aromatic heterocycles. The lowest BCUT2D eigenvalue weighted by atomic mass is 10.1. The van der Waals surface area contributed by atoms with Gasteiger partial charge in [0.1, 0.15) is 12.3 Å². The molecule has 0 atom stereocenters. The number of benzene rings is 1. The molecule has 1 amide bonds. The average molecular weight is 306 g/mol. The third kappa shape index (κ3) is 5.21. The van der Waals surface area contributed by atoms with Crippen LogP contribution in [0, 0.1) is 0 Å². The molecular formula is C12H13F3N2O4.